The van der Waals surface area contributed by atoms with Crippen molar-refractivity contribution in [1.82, 2.24) is 15.3 Å². The van der Waals surface area contributed by atoms with Crippen molar-refractivity contribution in [3.63, 3.8) is 0 Å². The zero-order valence-corrected chi connectivity index (χ0v) is 11.6. The topological polar surface area (TPSA) is 54.9 Å². The van der Waals surface area contributed by atoms with E-state index in [4.69, 9.17) is 0 Å². The monoisotopic (exact) mass is 285 g/mol. The standard InChI is InChI=1S/C16H16FN3O/c17-13-6-4-11(5-7-13)15-8-14(19-10-20-15)9-18-16(21)12-2-1-3-12/h4-8,10,12H,1-3,9H2,(H,18,21). The highest BCUT2D eigenvalue weighted by atomic mass is 19.1. The number of carbonyl (C=O) groups is 1. The average Bonchev–Trinajstić information content (AvgIpc) is 2.44. The van der Waals surface area contributed by atoms with Crippen molar-refractivity contribution in [3.05, 3.63) is 48.2 Å². The van der Waals surface area contributed by atoms with Gasteiger partial charge in [0.2, 0.25) is 5.91 Å². The van der Waals surface area contributed by atoms with Crippen LogP contribution in [0.5, 0.6) is 0 Å². The molecule has 0 bridgehead atoms. The van der Waals surface area contributed by atoms with Crippen LogP contribution in [0, 0.1) is 11.7 Å². The van der Waals surface area contributed by atoms with Gasteiger partial charge in [-0.3, -0.25) is 4.79 Å². The molecule has 1 aliphatic rings. The molecule has 1 saturated carbocycles. The van der Waals surface area contributed by atoms with Crippen molar-refractivity contribution in [2.24, 2.45) is 5.92 Å². The summed E-state index contributed by atoms with van der Waals surface area (Å²) in [7, 11) is 0. The van der Waals surface area contributed by atoms with E-state index in [1.165, 1.54) is 18.5 Å². The number of benzene rings is 1. The lowest BCUT2D eigenvalue weighted by molar-refractivity contribution is -0.127. The molecule has 108 valence electrons. The number of nitrogens with zero attached hydrogens (tertiary/aromatic N) is 2. The minimum absolute atomic E-state index is 0.100. The van der Waals surface area contributed by atoms with Crippen LogP contribution < -0.4 is 5.32 Å². The summed E-state index contributed by atoms with van der Waals surface area (Å²) in [6.07, 6.45) is 4.57. The normalized spacial score (nSPS) is 14.5. The van der Waals surface area contributed by atoms with Crippen LogP contribution in [0.2, 0.25) is 0 Å². The molecule has 0 unspecified atom stereocenters. The lowest BCUT2D eigenvalue weighted by atomic mass is 9.85. The molecular weight excluding hydrogens is 269 g/mol. The van der Waals surface area contributed by atoms with Gasteiger partial charge in [-0.1, -0.05) is 6.42 Å². The molecule has 1 N–H and O–H groups in total. The van der Waals surface area contributed by atoms with Gasteiger partial charge in [0.25, 0.3) is 0 Å². The third-order valence-electron chi connectivity index (χ3n) is 3.78. The van der Waals surface area contributed by atoms with Crippen molar-refractivity contribution in [1.29, 1.82) is 0 Å². The molecule has 1 fully saturated rings. The summed E-state index contributed by atoms with van der Waals surface area (Å²) in [4.78, 5) is 20.1. The van der Waals surface area contributed by atoms with Gasteiger partial charge in [0, 0.05) is 11.5 Å². The molecule has 0 radical (unpaired) electrons. The number of halogens is 1. The van der Waals surface area contributed by atoms with E-state index in [-0.39, 0.29) is 17.6 Å². The lowest BCUT2D eigenvalue weighted by Gasteiger charge is -2.23. The first kappa shape index (κ1) is 13.7. The van der Waals surface area contributed by atoms with Gasteiger partial charge in [0.1, 0.15) is 12.1 Å². The number of nitrogens with one attached hydrogen (secondary N) is 1. The Balaban J connectivity index is 1.68. The van der Waals surface area contributed by atoms with Crippen LogP contribution in [0.3, 0.4) is 0 Å². The molecule has 1 amide bonds. The minimum Gasteiger partial charge on any atom is -0.350 e. The Morgan fingerprint density at radius 2 is 2.00 bits per heavy atom. The summed E-state index contributed by atoms with van der Waals surface area (Å²) in [6, 6.07) is 7.96. The van der Waals surface area contributed by atoms with Crippen molar-refractivity contribution in [3.8, 4) is 11.3 Å². The summed E-state index contributed by atoms with van der Waals surface area (Å²) in [5, 5.41) is 2.90. The Morgan fingerprint density at radius 1 is 1.24 bits per heavy atom. The molecule has 0 aliphatic heterocycles. The highest BCUT2D eigenvalue weighted by molar-refractivity contribution is 5.79. The van der Waals surface area contributed by atoms with E-state index in [2.05, 4.69) is 15.3 Å². The molecule has 4 nitrogen and oxygen atoms in total. The summed E-state index contributed by atoms with van der Waals surface area (Å²) in [5.41, 5.74) is 2.29. The number of hydrogen-bond donors (Lipinski definition) is 1. The van der Waals surface area contributed by atoms with E-state index in [0.29, 0.717) is 6.54 Å². The third kappa shape index (κ3) is 3.24. The highest BCUT2D eigenvalue weighted by Gasteiger charge is 2.24. The second-order valence-corrected chi connectivity index (χ2v) is 5.25. The molecule has 2 aromatic rings. The van der Waals surface area contributed by atoms with Crippen LogP contribution in [-0.4, -0.2) is 15.9 Å². The number of hydrogen-bond acceptors (Lipinski definition) is 3. The second kappa shape index (κ2) is 5.99. The van der Waals surface area contributed by atoms with E-state index in [1.54, 1.807) is 12.1 Å². The van der Waals surface area contributed by atoms with E-state index in [9.17, 15) is 9.18 Å². The molecule has 21 heavy (non-hydrogen) atoms. The van der Waals surface area contributed by atoms with Crippen molar-refractivity contribution in [2.75, 3.05) is 0 Å². The average molecular weight is 285 g/mol. The molecule has 1 heterocycles. The maximum atomic E-state index is 12.9. The van der Waals surface area contributed by atoms with E-state index >= 15 is 0 Å². The number of amides is 1. The van der Waals surface area contributed by atoms with Gasteiger partial charge in [0.05, 0.1) is 17.9 Å². The largest absolute Gasteiger partial charge is 0.350 e. The van der Waals surface area contributed by atoms with Crippen LogP contribution in [0.1, 0.15) is 25.0 Å². The highest BCUT2D eigenvalue weighted by Crippen LogP contribution is 2.26. The number of aromatic nitrogens is 2. The SMILES string of the molecule is O=C(NCc1cc(-c2ccc(F)cc2)ncn1)C1CCC1. The number of carbonyl (C=O) groups excluding carboxylic acids is 1. The van der Waals surface area contributed by atoms with E-state index in [0.717, 1.165) is 36.2 Å². The second-order valence-electron chi connectivity index (χ2n) is 5.25. The molecule has 0 saturated heterocycles. The van der Waals surface area contributed by atoms with Crippen LogP contribution >= 0.6 is 0 Å². The van der Waals surface area contributed by atoms with Crippen molar-refractivity contribution >= 4 is 5.91 Å². The molecule has 1 aliphatic carbocycles. The minimum atomic E-state index is -0.277. The van der Waals surface area contributed by atoms with Crippen LogP contribution in [-0.2, 0) is 11.3 Å². The summed E-state index contributed by atoms with van der Waals surface area (Å²) >= 11 is 0. The van der Waals surface area contributed by atoms with Gasteiger partial charge in [0.15, 0.2) is 0 Å². The Morgan fingerprint density at radius 3 is 2.67 bits per heavy atom. The quantitative estimate of drug-likeness (QED) is 0.939. The van der Waals surface area contributed by atoms with E-state index < -0.39 is 0 Å². The van der Waals surface area contributed by atoms with Gasteiger partial charge in [-0.25, -0.2) is 14.4 Å². The Hall–Kier alpha value is -2.30. The van der Waals surface area contributed by atoms with Crippen molar-refractivity contribution < 1.29 is 9.18 Å². The van der Waals surface area contributed by atoms with Crippen LogP contribution in [0.25, 0.3) is 11.3 Å². The van der Waals surface area contributed by atoms with Gasteiger partial charge in [-0.2, -0.15) is 0 Å². The predicted molar refractivity (Wildman–Crippen MR) is 76.6 cm³/mol. The zero-order chi connectivity index (χ0) is 14.7. The molecule has 1 aromatic carbocycles. The Kier molecular flexibility index (Phi) is 3.90. The fourth-order valence-electron chi connectivity index (χ4n) is 2.27. The molecule has 0 spiro atoms. The number of rotatable bonds is 4. The van der Waals surface area contributed by atoms with Crippen LogP contribution in [0.4, 0.5) is 4.39 Å². The van der Waals surface area contributed by atoms with E-state index in [1.807, 2.05) is 6.07 Å². The molecule has 0 atom stereocenters. The van der Waals surface area contributed by atoms with Gasteiger partial charge in [-0.05, 0) is 43.2 Å². The fourth-order valence-corrected chi connectivity index (χ4v) is 2.27. The first-order chi connectivity index (χ1) is 10.2. The fraction of sp³-hybridized carbons (Fsp3) is 0.312. The summed E-state index contributed by atoms with van der Waals surface area (Å²) < 4.78 is 12.9. The zero-order valence-electron chi connectivity index (χ0n) is 11.6. The Labute approximate surface area is 122 Å². The molecule has 5 heteroatoms. The molecular formula is C16H16FN3O. The predicted octanol–water partition coefficient (Wildman–Crippen LogP) is 2.70. The summed E-state index contributed by atoms with van der Waals surface area (Å²) in [6.45, 7) is 0.395. The lowest BCUT2D eigenvalue weighted by Crippen LogP contribution is -2.34. The molecule has 1 aromatic heterocycles. The van der Waals surface area contributed by atoms with Crippen molar-refractivity contribution in [2.45, 2.75) is 25.8 Å². The maximum Gasteiger partial charge on any atom is 0.223 e. The van der Waals surface area contributed by atoms with Crippen LogP contribution in [0.15, 0.2) is 36.7 Å². The smallest absolute Gasteiger partial charge is 0.223 e. The van der Waals surface area contributed by atoms with Gasteiger partial charge < -0.3 is 5.32 Å². The molecule has 3 rings (SSSR count). The van der Waals surface area contributed by atoms with Gasteiger partial charge >= 0.3 is 0 Å². The third-order valence-corrected chi connectivity index (χ3v) is 3.78. The Bertz CT molecular complexity index is 638. The first-order valence-corrected chi connectivity index (χ1v) is 7.07. The summed E-state index contributed by atoms with van der Waals surface area (Å²) in [5.74, 6) is -0.00704. The first-order valence-electron chi connectivity index (χ1n) is 7.07. The van der Waals surface area contributed by atoms with Gasteiger partial charge in [-0.15, -0.1) is 0 Å². The maximum absolute atomic E-state index is 12.9.